The molecule has 12 heteroatoms. The van der Waals surface area contributed by atoms with Crippen LogP contribution in [0, 0.1) is 11.6 Å². The van der Waals surface area contributed by atoms with Crippen LogP contribution in [-0.4, -0.2) is 46.6 Å². The smallest absolute Gasteiger partial charge is 0.342 e. The Kier molecular flexibility index (Phi) is 9.57. The van der Waals surface area contributed by atoms with Crippen LogP contribution in [0.5, 0.6) is 11.5 Å². The molecule has 1 aliphatic heterocycles. The Morgan fingerprint density at radius 1 is 0.911 bits per heavy atom. The average molecular weight is 649 g/mol. The van der Waals surface area contributed by atoms with Gasteiger partial charge in [0.2, 0.25) is 0 Å². The molecule has 8 nitrogen and oxygen atoms in total. The lowest BCUT2D eigenvalue weighted by Gasteiger charge is -2.26. The number of esters is 1. The van der Waals surface area contributed by atoms with E-state index in [4.69, 9.17) is 9.47 Å². The summed E-state index contributed by atoms with van der Waals surface area (Å²) >= 11 is 2.64. The standard InChI is InChI=1S/C25H19FN2O4S2.C8H7FO2/c1-31-22-10-3-14(12-19(22)26)11-18-23(15-4-9-20-21(13-15)28-34-27-20)24(29)32-25(18,30)16-5-7-17(33-2)8-6-16;1-11-8-3-2-6(5-10)4-7(8)9/h3-10,12-13,30H,11H2,1-2H3;2-5H,1H3. The van der Waals surface area contributed by atoms with Gasteiger partial charge < -0.3 is 19.3 Å². The number of aromatic nitrogens is 2. The van der Waals surface area contributed by atoms with Crippen LogP contribution in [0.3, 0.4) is 0 Å². The Morgan fingerprint density at radius 2 is 1.58 bits per heavy atom. The number of nitrogens with zero attached hydrogens (tertiary/aromatic N) is 2. The van der Waals surface area contributed by atoms with Crippen molar-refractivity contribution in [3.05, 3.63) is 118 Å². The fraction of sp³-hybridized carbons (Fsp3) is 0.152. The number of fused-ring (bicyclic) bond motifs is 1. The number of benzene rings is 4. The van der Waals surface area contributed by atoms with Crippen LogP contribution >= 0.6 is 23.5 Å². The van der Waals surface area contributed by atoms with Gasteiger partial charge in [0.25, 0.3) is 5.79 Å². The zero-order valence-electron chi connectivity index (χ0n) is 24.2. The minimum absolute atomic E-state index is 0.0795. The van der Waals surface area contributed by atoms with Crippen molar-refractivity contribution in [1.29, 1.82) is 0 Å². The minimum atomic E-state index is -2.00. The predicted octanol–water partition coefficient (Wildman–Crippen LogP) is 6.61. The number of carbonyl (C=O) groups is 2. The van der Waals surface area contributed by atoms with Gasteiger partial charge >= 0.3 is 5.97 Å². The number of hydrogen-bond acceptors (Lipinski definition) is 10. The summed E-state index contributed by atoms with van der Waals surface area (Å²) in [5.74, 6) is -3.46. The number of halogens is 2. The third kappa shape index (κ3) is 6.58. The fourth-order valence-corrected chi connectivity index (χ4v) is 5.73. The number of cyclic esters (lactones) is 1. The molecule has 4 aromatic carbocycles. The van der Waals surface area contributed by atoms with Crippen molar-refractivity contribution in [2.45, 2.75) is 17.1 Å². The molecule has 5 aromatic rings. The van der Waals surface area contributed by atoms with E-state index in [9.17, 15) is 23.5 Å². The number of aliphatic hydroxyl groups is 1. The van der Waals surface area contributed by atoms with Crippen LogP contribution in [0.15, 0.2) is 89.3 Å². The second-order valence-corrected chi connectivity index (χ2v) is 11.1. The SMILES string of the molecule is COc1ccc(C=O)cc1F.COc1ccc(CC2=C(c3ccc4nsnc4c3)C(=O)OC2(O)c2ccc(SC)cc2)cc1F. The summed E-state index contributed by atoms with van der Waals surface area (Å²) in [6.07, 6.45) is 2.61. The molecular weight excluding hydrogens is 623 g/mol. The van der Waals surface area contributed by atoms with Crippen molar-refractivity contribution in [3.63, 3.8) is 0 Å². The van der Waals surface area contributed by atoms with Crippen molar-refractivity contribution in [1.82, 2.24) is 8.75 Å². The second-order valence-electron chi connectivity index (χ2n) is 9.74. The number of aldehydes is 1. The molecule has 45 heavy (non-hydrogen) atoms. The Hall–Kier alpha value is -4.65. The molecule has 0 aliphatic carbocycles. The molecule has 0 fully saturated rings. The lowest BCUT2D eigenvalue weighted by Crippen LogP contribution is -2.29. The van der Waals surface area contributed by atoms with Gasteiger partial charge in [-0.05, 0) is 72.0 Å². The molecule has 1 N–H and O–H groups in total. The molecule has 2 heterocycles. The number of ether oxygens (including phenoxy) is 3. The molecule has 1 aliphatic rings. The summed E-state index contributed by atoms with van der Waals surface area (Å²) in [5.41, 5.74) is 3.71. The monoisotopic (exact) mass is 648 g/mol. The molecular formula is C33H26F2N2O6S2. The van der Waals surface area contributed by atoms with Crippen molar-refractivity contribution in [2.75, 3.05) is 20.5 Å². The van der Waals surface area contributed by atoms with E-state index in [2.05, 4.69) is 13.5 Å². The Bertz CT molecular complexity index is 1910. The number of rotatable bonds is 8. The molecule has 0 radical (unpaired) electrons. The van der Waals surface area contributed by atoms with Crippen LogP contribution in [0.1, 0.15) is 27.0 Å². The summed E-state index contributed by atoms with van der Waals surface area (Å²) in [7, 11) is 2.77. The predicted molar refractivity (Wildman–Crippen MR) is 168 cm³/mol. The second kappa shape index (κ2) is 13.6. The van der Waals surface area contributed by atoms with Gasteiger partial charge in [-0.2, -0.15) is 8.75 Å². The first kappa shape index (κ1) is 31.8. The summed E-state index contributed by atoms with van der Waals surface area (Å²) in [4.78, 5) is 24.3. The zero-order valence-corrected chi connectivity index (χ0v) is 25.9. The molecule has 0 saturated heterocycles. The van der Waals surface area contributed by atoms with E-state index in [0.29, 0.717) is 45.1 Å². The van der Waals surface area contributed by atoms with Crippen LogP contribution in [0.2, 0.25) is 0 Å². The quantitative estimate of drug-likeness (QED) is 0.113. The molecule has 1 atom stereocenters. The maximum Gasteiger partial charge on any atom is 0.342 e. The van der Waals surface area contributed by atoms with Crippen molar-refractivity contribution < 1.29 is 37.7 Å². The number of carbonyl (C=O) groups excluding carboxylic acids is 2. The third-order valence-electron chi connectivity index (χ3n) is 7.09. The van der Waals surface area contributed by atoms with E-state index in [1.807, 2.05) is 18.4 Å². The molecule has 0 bridgehead atoms. The number of thioether (sulfide) groups is 1. The van der Waals surface area contributed by atoms with E-state index >= 15 is 0 Å². The highest BCUT2D eigenvalue weighted by Crippen LogP contribution is 2.45. The highest BCUT2D eigenvalue weighted by molar-refractivity contribution is 7.98. The Balaban J connectivity index is 0.000000309. The summed E-state index contributed by atoms with van der Waals surface area (Å²) < 4.78 is 50.9. The fourth-order valence-electron chi connectivity index (χ4n) is 4.81. The van der Waals surface area contributed by atoms with Crippen molar-refractivity contribution in [2.24, 2.45) is 0 Å². The van der Waals surface area contributed by atoms with Gasteiger partial charge in [0.1, 0.15) is 17.3 Å². The Morgan fingerprint density at radius 3 is 2.20 bits per heavy atom. The van der Waals surface area contributed by atoms with Crippen LogP contribution in [0.4, 0.5) is 8.78 Å². The van der Waals surface area contributed by atoms with E-state index < -0.39 is 23.4 Å². The molecule has 0 spiro atoms. The van der Waals surface area contributed by atoms with E-state index in [1.165, 1.54) is 38.5 Å². The van der Waals surface area contributed by atoms with Gasteiger partial charge in [-0.25, -0.2) is 13.6 Å². The zero-order chi connectivity index (χ0) is 32.1. The van der Waals surface area contributed by atoms with E-state index in [-0.39, 0.29) is 23.5 Å². The maximum atomic E-state index is 14.4. The first-order chi connectivity index (χ1) is 21.7. The molecule has 6 rings (SSSR count). The number of methoxy groups -OCH3 is 2. The maximum absolute atomic E-state index is 14.4. The first-order valence-electron chi connectivity index (χ1n) is 13.4. The van der Waals surface area contributed by atoms with Gasteiger partial charge in [0.05, 0.1) is 31.5 Å². The van der Waals surface area contributed by atoms with Gasteiger partial charge in [0, 0.05) is 28.0 Å². The van der Waals surface area contributed by atoms with Gasteiger partial charge in [-0.15, -0.1) is 11.8 Å². The average Bonchev–Trinajstić information content (AvgIpc) is 3.62. The van der Waals surface area contributed by atoms with Crippen molar-refractivity contribution in [3.8, 4) is 11.5 Å². The Labute approximate surface area is 265 Å². The molecule has 1 aromatic heterocycles. The topological polar surface area (TPSA) is 108 Å². The highest BCUT2D eigenvalue weighted by atomic mass is 32.2. The van der Waals surface area contributed by atoms with Crippen molar-refractivity contribution >= 4 is 52.4 Å². The number of hydrogen-bond donors (Lipinski definition) is 1. The van der Waals surface area contributed by atoms with Crippen LogP contribution in [-0.2, 0) is 21.7 Å². The first-order valence-corrected chi connectivity index (χ1v) is 15.3. The largest absolute Gasteiger partial charge is 0.494 e. The van der Waals surface area contributed by atoms with Gasteiger partial charge in [0.15, 0.2) is 23.1 Å². The summed E-state index contributed by atoms with van der Waals surface area (Å²) in [6.45, 7) is 0. The van der Waals surface area contributed by atoms with Gasteiger partial charge in [-0.1, -0.05) is 24.3 Å². The van der Waals surface area contributed by atoms with Crippen LogP contribution < -0.4 is 9.47 Å². The minimum Gasteiger partial charge on any atom is -0.494 e. The van der Waals surface area contributed by atoms with E-state index in [1.54, 1.807) is 48.2 Å². The normalized spacial score (nSPS) is 15.8. The lowest BCUT2D eigenvalue weighted by atomic mass is 9.88. The molecule has 0 amide bonds. The lowest BCUT2D eigenvalue weighted by molar-refractivity contribution is -0.185. The highest BCUT2D eigenvalue weighted by Gasteiger charge is 2.48. The van der Waals surface area contributed by atoms with Crippen LogP contribution in [0.25, 0.3) is 16.6 Å². The third-order valence-corrected chi connectivity index (χ3v) is 8.39. The molecule has 0 saturated carbocycles. The molecule has 230 valence electrons. The van der Waals surface area contributed by atoms with E-state index in [0.717, 1.165) is 22.7 Å². The molecule has 1 unspecified atom stereocenters. The summed E-state index contributed by atoms with van der Waals surface area (Å²) in [5, 5.41) is 11.7. The van der Waals surface area contributed by atoms with Gasteiger partial charge in [-0.3, -0.25) is 4.79 Å². The summed E-state index contributed by atoms with van der Waals surface area (Å²) in [6, 6.07) is 21.0.